The molecule has 0 bridgehead atoms. The number of rotatable bonds is 11. The zero-order valence-electron chi connectivity index (χ0n) is 27.3. The number of carbonyl (C=O) groups excluding carboxylic acids is 1. The van der Waals surface area contributed by atoms with E-state index >= 15 is 4.39 Å². The molecule has 260 valence electrons. The van der Waals surface area contributed by atoms with Crippen LogP contribution in [-0.4, -0.2) is 115 Å². The number of anilines is 2. The minimum atomic E-state index is -4.12. The molecule has 2 aromatic carbocycles. The second-order valence-corrected chi connectivity index (χ2v) is 14.2. The minimum Gasteiger partial charge on any atom is -0.480 e. The number of benzene rings is 2. The molecule has 0 unspecified atom stereocenters. The number of pyridine rings is 1. The number of aromatic amines is 1. The highest BCUT2D eigenvalue weighted by Gasteiger charge is 2.29. The number of aliphatic carboxylic acids is 1. The monoisotopic (exact) mass is 695 g/mol. The molecule has 0 radical (unpaired) electrons. The SMILES string of the molecule is CCN(C)S(=O)(=O)Nc1ccc(F)c(C(=O)c2c[nH]c3ncc(-c4ccc(N5CCN(C6CCN(CC(=O)O)CC6)CC5)cc4)cc23)c1F. The van der Waals surface area contributed by atoms with Crippen LogP contribution in [0.5, 0.6) is 0 Å². The Morgan fingerprint density at radius 1 is 1.02 bits per heavy atom. The number of hydrogen-bond acceptors (Lipinski definition) is 8. The average molecular weight is 696 g/mol. The number of carbonyl (C=O) groups is 2. The lowest BCUT2D eigenvalue weighted by Crippen LogP contribution is -2.53. The fourth-order valence-electron chi connectivity index (χ4n) is 6.55. The van der Waals surface area contributed by atoms with E-state index in [9.17, 15) is 22.4 Å². The number of aromatic nitrogens is 2. The maximum absolute atomic E-state index is 15.5. The van der Waals surface area contributed by atoms with E-state index in [1.807, 2.05) is 29.2 Å². The van der Waals surface area contributed by atoms with E-state index in [0.29, 0.717) is 22.6 Å². The summed E-state index contributed by atoms with van der Waals surface area (Å²) in [6.45, 7) is 7.05. The molecule has 0 atom stereocenters. The van der Waals surface area contributed by atoms with Crippen molar-refractivity contribution in [2.45, 2.75) is 25.8 Å². The van der Waals surface area contributed by atoms with Crippen LogP contribution in [0.3, 0.4) is 0 Å². The van der Waals surface area contributed by atoms with Gasteiger partial charge in [0.2, 0.25) is 5.78 Å². The largest absolute Gasteiger partial charge is 0.480 e. The van der Waals surface area contributed by atoms with Gasteiger partial charge in [0.15, 0.2) is 5.82 Å². The van der Waals surface area contributed by atoms with E-state index in [0.717, 1.165) is 79.8 Å². The van der Waals surface area contributed by atoms with Gasteiger partial charge in [-0.1, -0.05) is 19.1 Å². The number of carboxylic acid groups (broad SMARTS) is 1. The lowest BCUT2D eigenvalue weighted by molar-refractivity contribution is -0.138. The smallest absolute Gasteiger partial charge is 0.317 e. The molecule has 0 spiro atoms. The number of piperidine rings is 1. The van der Waals surface area contributed by atoms with Crippen molar-refractivity contribution in [3.8, 4) is 11.1 Å². The summed E-state index contributed by atoms with van der Waals surface area (Å²) in [5.74, 6) is -4.17. The van der Waals surface area contributed by atoms with Crippen molar-refractivity contribution in [2.24, 2.45) is 0 Å². The van der Waals surface area contributed by atoms with Gasteiger partial charge in [-0.05, 0) is 48.7 Å². The van der Waals surface area contributed by atoms with Gasteiger partial charge in [-0.2, -0.15) is 12.7 Å². The molecule has 2 saturated heterocycles. The van der Waals surface area contributed by atoms with Crippen molar-refractivity contribution >= 4 is 44.4 Å². The fraction of sp³-hybridized carbons (Fsp3) is 0.382. The van der Waals surface area contributed by atoms with Gasteiger partial charge in [-0.3, -0.25) is 24.1 Å². The van der Waals surface area contributed by atoms with E-state index in [1.54, 1.807) is 19.2 Å². The molecule has 0 aliphatic carbocycles. The number of halogens is 2. The number of nitrogens with zero attached hydrogens (tertiary/aromatic N) is 5. The van der Waals surface area contributed by atoms with E-state index in [2.05, 4.69) is 24.5 Å². The van der Waals surface area contributed by atoms with Crippen molar-refractivity contribution < 1.29 is 31.9 Å². The first-order valence-corrected chi connectivity index (χ1v) is 17.7. The molecule has 12 nitrogen and oxygen atoms in total. The molecule has 49 heavy (non-hydrogen) atoms. The molecule has 2 aliphatic rings. The quantitative estimate of drug-likeness (QED) is 0.199. The standard InChI is InChI=1S/C34H39F2N7O5S/c1-3-40(2)49(47,48)39-29-9-8-28(35)31(32(29)36)33(46)27-20-38-34-26(27)18-23(19-37-34)22-4-6-24(7-5-22)42-14-16-43(17-15-42)25-10-12-41(13-11-25)21-30(44)45/h4-9,18-20,25,39H,3,10-17,21H2,1-2H3,(H,37,38)(H,44,45). The molecular weight excluding hydrogens is 656 g/mol. The van der Waals surface area contributed by atoms with Crippen molar-refractivity contribution in [2.75, 3.05) is 69.0 Å². The van der Waals surface area contributed by atoms with Gasteiger partial charge >= 0.3 is 16.2 Å². The number of carboxylic acids is 1. The summed E-state index contributed by atoms with van der Waals surface area (Å²) in [5.41, 5.74) is 1.57. The highest BCUT2D eigenvalue weighted by atomic mass is 32.2. The Bertz CT molecular complexity index is 1960. The number of likely N-dealkylation sites (tertiary alicyclic amines) is 1. The number of nitrogens with one attached hydrogen (secondary N) is 2. The van der Waals surface area contributed by atoms with Gasteiger partial charge < -0.3 is 15.0 Å². The van der Waals surface area contributed by atoms with Crippen LogP contribution < -0.4 is 9.62 Å². The number of H-pyrrole nitrogens is 1. The van der Waals surface area contributed by atoms with Crippen molar-refractivity contribution in [1.29, 1.82) is 0 Å². The molecule has 4 aromatic rings. The van der Waals surface area contributed by atoms with Gasteiger partial charge in [-0.15, -0.1) is 0 Å². The first-order chi connectivity index (χ1) is 23.4. The maximum atomic E-state index is 15.5. The van der Waals surface area contributed by atoms with Crippen LogP contribution >= 0.6 is 0 Å². The van der Waals surface area contributed by atoms with Gasteiger partial charge in [0.05, 0.1) is 17.8 Å². The fourth-order valence-corrected chi connectivity index (χ4v) is 7.49. The van der Waals surface area contributed by atoms with E-state index < -0.39 is 44.8 Å². The number of piperazine rings is 1. The van der Waals surface area contributed by atoms with Crippen LogP contribution in [0, 0.1) is 11.6 Å². The Morgan fingerprint density at radius 3 is 2.37 bits per heavy atom. The van der Waals surface area contributed by atoms with Crippen LogP contribution in [0.25, 0.3) is 22.2 Å². The zero-order valence-corrected chi connectivity index (χ0v) is 28.1. The Labute approximate surface area is 283 Å². The molecule has 4 heterocycles. The third-order valence-electron chi connectivity index (χ3n) is 9.50. The summed E-state index contributed by atoms with van der Waals surface area (Å²) in [6, 6.07) is 12.0. The van der Waals surface area contributed by atoms with Gasteiger partial charge in [-0.25, -0.2) is 13.8 Å². The summed E-state index contributed by atoms with van der Waals surface area (Å²) in [5, 5.41) is 9.42. The molecule has 2 aromatic heterocycles. The van der Waals surface area contributed by atoms with E-state index in [1.165, 1.54) is 13.2 Å². The van der Waals surface area contributed by atoms with Crippen molar-refractivity contribution in [3.63, 3.8) is 0 Å². The predicted octanol–water partition coefficient (Wildman–Crippen LogP) is 4.02. The Kier molecular flexibility index (Phi) is 9.97. The van der Waals surface area contributed by atoms with Crippen LogP contribution in [0.1, 0.15) is 35.7 Å². The second kappa shape index (κ2) is 14.2. The second-order valence-electron chi connectivity index (χ2n) is 12.4. The minimum absolute atomic E-state index is 0.00474. The molecule has 6 rings (SSSR count). The normalized spacial score (nSPS) is 16.8. The van der Waals surface area contributed by atoms with E-state index in [4.69, 9.17) is 5.11 Å². The Balaban J connectivity index is 1.15. The highest BCUT2D eigenvalue weighted by Crippen LogP contribution is 2.31. The predicted molar refractivity (Wildman–Crippen MR) is 183 cm³/mol. The lowest BCUT2D eigenvalue weighted by atomic mass is 9.99. The van der Waals surface area contributed by atoms with Crippen molar-refractivity contribution in [3.05, 3.63) is 77.6 Å². The van der Waals surface area contributed by atoms with Crippen LogP contribution in [0.2, 0.25) is 0 Å². The number of ketones is 1. The number of fused-ring (bicyclic) bond motifs is 1. The van der Waals surface area contributed by atoms with Crippen molar-refractivity contribution in [1.82, 2.24) is 24.1 Å². The number of hydrogen-bond donors (Lipinski definition) is 3. The first-order valence-electron chi connectivity index (χ1n) is 16.2. The lowest BCUT2D eigenvalue weighted by Gasteiger charge is -2.43. The summed E-state index contributed by atoms with van der Waals surface area (Å²) in [6.07, 6.45) is 4.95. The average Bonchev–Trinajstić information content (AvgIpc) is 3.53. The molecule has 2 aliphatic heterocycles. The maximum Gasteiger partial charge on any atom is 0.317 e. The van der Waals surface area contributed by atoms with Gasteiger partial charge in [0.25, 0.3) is 0 Å². The molecule has 3 N–H and O–H groups in total. The first kappa shape index (κ1) is 34.4. The molecule has 0 amide bonds. The Hall–Kier alpha value is -4.44. The zero-order chi connectivity index (χ0) is 34.9. The summed E-state index contributed by atoms with van der Waals surface area (Å²) in [7, 11) is -2.81. The third kappa shape index (κ3) is 7.29. The molecule has 15 heteroatoms. The molecular formula is C34H39F2N7O5S. The molecule has 2 fully saturated rings. The summed E-state index contributed by atoms with van der Waals surface area (Å²) < 4.78 is 58.4. The van der Waals surface area contributed by atoms with Gasteiger partial charge in [0.1, 0.15) is 11.5 Å². The summed E-state index contributed by atoms with van der Waals surface area (Å²) >= 11 is 0. The highest BCUT2D eigenvalue weighted by molar-refractivity contribution is 7.90. The van der Waals surface area contributed by atoms with Crippen LogP contribution in [-0.2, 0) is 15.0 Å². The Morgan fingerprint density at radius 2 is 1.71 bits per heavy atom. The summed E-state index contributed by atoms with van der Waals surface area (Å²) in [4.78, 5) is 38.8. The van der Waals surface area contributed by atoms with E-state index in [-0.39, 0.29) is 18.7 Å². The third-order valence-corrected chi connectivity index (χ3v) is 11.1. The van der Waals surface area contributed by atoms with Crippen LogP contribution in [0.15, 0.2) is 54.9 Å². The molecule has 0 saturated carbocycles. The van der Waals surface area contributed by atoms with Crippen LogP contribution in [0.4, 0.5) is 20.2 Å². The topological polar surface area (TPSA) is 142 Å². The van der Waals surface area contributed by atoms with Gasteiger partial charge in [0, 0.05) is 93.5 Å².